The number of rotatable bonds is 4. The minimum atomic E-state index is -0.802. The van der Waals surface area contributed by atoms with Crippen molar-refractivity contribution < 1.29 is 19.1 Å². The van der Waals surface area contributed by atoms with Crippen LogP contribution in [0.2, 0.25) is 0 Å². The second-order valence-corrected chi connectivity index (χ2v) is 8.31. The van der Waals surface area contributed by atoms with E-state index in [9.17, 15) is 19.7 Å². The number of aliphatic imine (C=N–C) groups is 1. The summed E-state index contributed by atoms with van der Waals surface area (Å²) in [5.41, 5.74) is 2.04. The zero-order chi connectivity index (χ0) is 22.4. The maximum Gasteiger partial charge on any atom is 0.396 e. The Balaban J connectivity index is 1.81. The number of nitro groups is 1. The predicted molar refractivity (Wildman–Crippen MR) is 113 cm³/mol. The summed E-state index contributed by atoms with van der Waals surface area (Å²) in [6, 6.07) is 6.56. The van der Waals surface area contributed by atoms with Crippen molar-refractivity contribution in [2.24, 2.45) is 12.0 Å². The van der Waals surface area contributed by atoms with E-state index >= 15 is 0 Å². The van der Waals surface area contributed by atoms with Gasteiger partial charge in [-0.2, -0.15) is 0 Å². The maximum absolute atomic E-state index is 13.0. The molecule has 2 aliphatic rings. The second kappa shape index (κ2) is 7.61. The number of carbonyl (C=O) groups is 2. The zero-order valence-corrected chi connectivity index (χ0v) is 18.2. The van der Waals surface area contributed by atoms with Crippen LogP contribution in [-0.2, 0) is 18.4 Å². The number of carbonyl (C=O) groups excluding carboxylic acids is 2. The van der Waals surface area contributed by atoms with Gasteiger partial charge < -0.3 is 14.7 Å². The number of urea groups is 1. The number of amidine groups is 2. The highest BCUT2D eigenvalue weighted by molar-refractivity contribution is 8.13. The number of benzene rings is 1. The van der Waals surface area contributed by atoms with Crippen molar-refractivity contribution in [1.82, 2.24) is 19.4 Å². The van der Waals surface area contributed by atoms with E-state index in [1.54, 1.807) is 18.7 Å². The van der Waals surface area contributed by atoms with Gasteiger partial charge >= 0.3 is 17.0 Å². The predicted octanol–water partition coefficient (Wildman–Crippen LogP) is 1.60. The molecule has 160 valence electrons. The second-order valence-electron chi connectivity index (χ2n) is 7.35. The van der Waals surface area contributed by atoms with Crippen LogP contribution in [0.5, 0.6) is 0 Å². The molecular weight excluding hydrogens is 422 g/mol. The topological polar surface area (TPSA) is 117 Å². The Morgan fingerprint density at radius 2 is 1.84 bits per heavy atom. The molecule has 4 rings (SSSR count). The Morgan fingerprint density at radius 1 is 1.16 bits per heavy atom. The fourth-order valence-electron chi connectivity index (χ4n) is 3.44. The molecule has 1 saturated heterocycles. The van der Waals surface area contributed by atoms with Gasteiger partial charge in [0.25, 0.3) is 17.8 Å². The standard InChI is InChI=1S/C19H20N7O4S/c1-11-5-7-12(8-6-11)9-25-13-14(23(3)19(28)24(4)16(13)27)21-18(25)31-17-15(26(29)30)20-10-22(17)2/h5-8,10,13H,9H2,1-4H3/q+1. The van der Waals surface area contributed by atoms with Crippen LogP contribution in [0.1, 0.15) is 11.1 Å². The van der Waals surface area contributed by atoms with Crippen molar-refractivity contribution in [3.63, 3.8) is 0 Å². The third kappa shape index (κ3) is 3.48. The fourth-order valence-corrected chi connectivity index (χ4v) is 4.45. The van der Waals surface area contributed by atoms with Gasteiger partial charge in [-0.1, -0.05) is 29.8 Å². The van der Waals surface area contributed by atoms with E-state index in [0.29, 0.717) is 17.5 Å². The lowest BCUT2D eigenvalue weighted by atomic mass is 10.1. The van der Waals surface area contributed by atoms with Crippen LogP contribution >= 0.6 is 11.8 Å². The lowest BCUT2D eigenvalue weighted by molar-refractivity contribution is -0.548. The van der Waals surface area contributed by atoms with Gasteiger partial charge in [0.15, 0.2) is 5.03 Å². The first-order chi connectivity index (χ1) is 14.7. The van der Waals surface area contributed by atoms with Gasteiger partial charge in [0.1, 0.15) is 6.54 Å². The van der Waals surface area contributed by atoms with Gasteiger partial charge in [0.2, 0.25) is 6.33 Å². The highest BCUT2D eigenvalue weighted by Gasteiger charge is 2.53. The molecule has 1 aromatic heterocycles. The number of thioether (sulfide) groups is 1. The maximum atomic E-state index is 13.0. The van der Waals surface area contributed by atoms with Gasteiger partial charge in [-0.05, 0) is 27.4 Å². The minimum absolute atomic E-state index is 0.284. The van der Waals surface area contributed by atoms with Gasteiger partial charge in [-0.3, -0.25) is 14.6 Å². The molecule has 3 amide bonds. The van der Waals surface area contributed by atoms with Crippen molar-refractivity contribution in [2.75, 3.05) is 14.1 Å². The van der Waals surface area contributed by atoms with Crippen LogP contribution in [-0.4, -0.2) is 71.9 Å². The lowest BCUT2D eigenvalue weighted by Crippen LogP contribution is -2.61. The van der Waals surface area contributed by atoms with E-state index in [1.165, 1.54) is 22.8 Å². The zero-order valence-electron chi connectivity index (χ0n) is 17.3. The van der Waals surface area contributed by atoms with Gasteiger partial charge in [0.05, 0.1) is 0 Å². The number of likely N-dealkylation sites (N-methyl/N-ethyl adjacent to an activating group) is 2. The van der Waals surface area contributed by atoms with Crippen LogP contribution < -0.4 is 0 Å². The first-order valence-electron chi connectivity index (χ1n) is 9.35. The van der Waals surface area contributed by atoms with Crippen molar-refractivity contribution in [2.45, 2.75) is 24.5 Å². The molecule has 12 heteroatoms. The Kier molecular flexibility index (Phi) is 5.09. The Labute approximate surface area is 181 Å². The molecule has 1 aromatic carbocycles. The first kappa shape index (κ1) is 20.7. The molecular formula is C19H20N7O4S+. The third-order valence-corrected chi connectivity index (χ3v) is 6.37. The summed E-state index contributed by atoms with van der Waals surface area (Å²) in [7, 11) is 4.64. The SMILES string of the molecule is Cc1ccc(C[N+]2=C(Sc3c([N+](=O)[O-])ncn3C)N=C3C2C(=O)N(C)C(=O)N3C)cc1. The Morgan fingerprint density at radius 3 is 2.48 bits per heavy atom. The number of fused-ring (bicyclic) bond motifs is 1. The summed E-state index contributed by atoms with van der Waals surface area (Å²) >= 11 is 1.05. The number of hydrogen-bond donors (Lipinski definition) is 0. The molecule has 2 aromatic rings. The van der Waals surface area contributed by atoms with Crippen molar-refractivity contribution in [3.05, 3.63) is 51.8 Å². The minimum Gasteiger partial charge on any atom is -0.358 e. The number of imide groups is 1. The molecule has 0 N–H and O–H groups in total. The molecule has 1 unspecified atom stereocenters. The van der Waals surface area contributed by atoms with E-state index in [0.717, 1.165) is 27.8 Å². The van der Waals surface area contributed by atoms with Crippen molar-refractivity contribution >= 4 is 40.5 Å². The van der Waals surface area contributed by atoms with Gasteiger partial charge in [-0.15, -0.1) is 0 Å². The van der Waals surface area contributed by atoms with E-state index in [-0.39, 0.29) is 10.8 Å². The van der Waals surface area contributed by atoms with Crippen molar-refractivity contribution in [1.29, 1.82) is 0 Å². The first-order valence-corrected chi connectivity index (χ1v) is 10.2. The van der Waals surface area contributed by atoms with Crippen LogP contribution in [0.3, 0.4) is 0 Å². The van der Waals surface area contributed by atoms with Crippen LogP contribution in [0.15, 0.2) is 40.6 Å². The number of hydrogen-bond acceptors (Lipinski definition) is 7. The molecule has 0 radical (unpaired) electrons. The van der Waals surface area contributed by atoms with Gasteiger partial charge in [-0.25, -0.2) is 9.37 Å². The highest BCUT2D eigenvalue weighted by atomic mass is 32.2. The molecule has 0 aliphatic carbocycles. The van der Waals surface area contributed by atoms with Gasteiger partial charge in [0, 0.05) is 32.9 Å². The number of aromatic nitrogens is 2. The summed E-state index contributed by atoms with van der Waals surface area (Å²) in [6.07, 6.45) is 1.36. The normalized spacial score (nSPS) is 18.6. The number of nitrogens with zero attached hydrogens (tertiary/aromatic N) is 7. The van der Waals surface area contributed by atoms with Crippen LogP contribution in [0, 0.1) is 17.0 Å². The molecule has 11 nitrogen and oxygen atoms in total. The number of imidazole rings is 1. The lowest BCUT2D eigenvalue weighted by Gasteiger charge is -2.30. The summed E-state index contributed by atoms with van der Waals surface area (Å²) in [5, 5.41) is 12.1. The Hall–Kier alpha value is -3.54. The molecule has 1 atom stereocenters. The van der Waals surface area contributed by atoms with E-state index in [4.69, 9.17) is 0 Å². The summed E-state index contributed by atoms with van der Waals surface area (Å²) in [5.74, 6) is -0.394. The highest BCUT2D eigenvalue weighted by Crippen LogP contribution is 2.32. The monoisotopic (exact) mass is 442 g/mol. The largest absolute Gasteiger partial charge is 0.396 e. The molecule has 0 saturated carbocycles. The summed E-state index contributed by atoms with van der Waals surface area (Å²) < 4.78 is 3.30. The van der Waals surface area contributed by atoms with Crippen molar-refractivity contribution in [3.8, 4) is 0 Å². The molecule has 2 aliphatic heterocycles. The average Bonchev–Trinajstić information content (AvgIpc) is 3.28. The molecule has 1 fully saturated rings. The smallest absolute Gasteiger partial charge is 0.358 e. The molecule has 31 heavy (non-hydrogen) atoms. The Bertz CT molecular complexity index is 1170. The quantitative estimate of drug-likeness (QED) is 0.403. The van der Waals surface area contributed by atoms with Crippen LogP contribution in [0.4, 0.5) is 10.6 Å². The fraction of sp³-hybridized carbons (Fsp3) is 0.316. The summed E-state index contributed by atoms with van der Waals surface area (Å²) in [6.45, 7) is 2.32. The molecule has 0 bridgehead atoms. The molecule has 0 spiro atoms. The molecule has 3 heterocycles. The summed E-state index contributed by atoms with van der Waals surface area (Å²) in [4.78, 5) is 47.1. The van der Waals surface area contributed by atoms with Crippen LogP contribution in [0.25, 0.3) is 0 Å². The van der Waals surface area contributed by atoms with E-state index in [1.807, 2.05) is 31.2 Å². The number of aryl methyl sites for hydroxylation is 2. The van der Waals surface area contributed by atoms with E-state index in [2.05, 4.69) is 9.98 Å². The third-order valence-electron chi connectivity index (χ3n) is 5.19. The average molecular weight is 442 g/mol. The van der Waals surface area contributed by atoms with E-state index < -0.39 is 22.9 Å². The number of amides is 3.